The van der Waals surface area contributed by atoms with Gasteiger partial charge in [-0.25, -0.2) is 4.39 Å². The van der Waals surface area contributed by atoms with Gasteiger partial charge in [0.1, 0.15) is 35.3 Å². The molecule has 0 aromatic heterocycles. The minimum absolute atomic E-state index is 0.0139. The molecule has 1 N–H and O–H groups in total. The van der Waals surface area contributed by atoms with Gasteiger partial charge in [0.2, 0.25) is 0 Å². The zero-order valence-corrected chi connectivity index (χ0v) is 37.4. The lowest BCUT2D eigenvalue weighted by atomic mass is 9.44. The summed E-state index contributed by atoms with van der Waals surface area (Å²) in [7, 11) is 0. The van der Waals surface area contributed by atoms with Crippen molar-refractivity contribution in [1.29, 1.82) is 5.26 Å². The van der Waals surface area contributed by atoms with Crippen LogP contribution >= 0.6 is 0 Å². The summed E-state index contributed by atoms with van der Waals surface area (Å²) in [6.45, 7) is 19.8. The Bertz CT molecular complexity index is 2200. The molecule has 1 saturated heterocycles. The van der Waals surface area contributed by atoms with Crippen LogP contribution in [0.1, 0.15) is 117 Å². The number of ketones is 3. The Kier molecular flexibility index (Phi) is 13.0. The summed E-state index contributed by atoms with van der Waals surface area (Å²) in [5.74, 6) is -0.552. The van der Waals surface area contributed by atoms with Gasteiger partial charge in [-0.3, -0.25) is 24.1 Å². The maximum atomic E-state index is 15.0. The first-order valence-electron chi connectivity index (χ1n) is 22.1. The Labute approximate surface area is 365 Å². The minimum Gasteiger partial charge on any atom is -0.490 e. The molecule has 0 unspecified atom stereocenters. The Morgan fingerprint density at radius 1 is 0.984 bits per heavy atom. The van der Waals surface area contributed by atoms with Crippen molar-refractivity contribution >= 4 is 28.9 Å². The highest BCUT2D eigenvalue weighted by atomic mass is 19.1. The van der Waals surface area contributed by atoms with E-state index in [1.807, 2.05) is 50.2 Å². The van der Waals surface area contributed by atoms with E-state index in [4.69, 9.17) is 14.2 Å². The van der Waals surface area contributed by atoms with Gasteiger partial charge in [-0.2, -0.15) is 5.26 Å². The van der Waals surface area contributed by atoms with Gasteiger partial charge in [-0.05, 0) is 99.7 Å². The van der Waals surface area contributed by atoms with Crippen molar-refractivity contribution in [3.63, 3.8) is 0 Å². The van der Waals surface area contributed by atoms with Crippen LogP contribution in [-0.4, -0.2) is 90.8 Å². The Morgan fingerprint density at radius 2 is 1.66 bits per heavy atom. The predicted molar refractivity (Wildman–Crippen MR) is 234 cm³/mol. The summed E-state index contributed by atoms with van der Waals surface area (Å²) >= 11 is 0. The number of benzene rings is 3. The molecule has 11 nitrogen and oxygen atoms in total. The molecule has 7 rings (SSSR count). The molecular weight excluding hydrogens is 788 g/mol. The van der Waals surface area contributed by atoms with Crippen molar-refractivity contribution in [3.8, 4) is 17.6 Å². The second-order valence-electron chi connectivity index (χ2n) is 19.4. The number of morpholine rings is 1. The van der Waals surface area contributed by atoms with Crippen molar-refractivity contribution < 1.29 is 37.8 Å². The Balaban J connectivity index is 0.887. The highest BCUT2D eigenvalue weighted by molar-refractivity contribution is 6.06. The van der Waals surface area contributed by atoms with E-state index in [2.05, 4.69) is 62.7 Å². The predicted octanol–water partition coefficient (Wildman–Crippen LogP) is 7.96. The molecule has 3 aromatic carbocycles. The number of anilines is 1. The lowest BCUT2D eigenvalue weighted by Crippen LogP contribution is -2.66. The van der Waals surface area contributed by atoms with E-state index < -0.39 is 17.8 Å². The molecule has 62 heavy (non-hydrogen) atoms. The smallest absolute Gasteiger partial charge is 0.254 e. The Morgan fingerprint density at radius 3 is 2.27 bits per heavy atom. The van der Waals surface area contributed by atoms with Gasteiger partial charge < -0.3 is 24.4 Å². The third-order valence-electron chi connectivity index (χ3n) is 14.0. The fourth-order valence-electron chi connectivity index (χ4n) is 10.7. The fourth-order valence-corrected chi connectivity index (χ4v) is 10.7. The number of nitrogens with zero attached hydrogens (tertiary/aromatic N) is 3. The molecular formula is C50H61FN4O7. The third kappa shape index (κ3) is 9.30. The van der Waals surface area contributed by atoms with E-state index in [0.29, 0.717) is 29.9 Å². The molecule has 330 valence electrons. The number of hydrogen-bond donors (Lipinski definition) is 1. The van der Waals surface area contributed by atoms with E-state index in [9.17, 15) is 24.4 Å². The number of rotatable bonds is 14. The molecule has 1 amide bonds. The third-order valence-corrected chi connectivity index (χ3v) is 14.0. The number of halogens is 1. The average molecular weight is 849 g/mol. The zero-order valence-electron chi connectivity index (χ0n) is 37.4. The van der Waals surface area contributed by atoms with E-state index in [0.717, 1.165) is 55.0 Å². The fraction of sp³-hybridized carbons (Fsp3) is 0.540. The van der Waals surface area contributed by atoms with Crippen molar-refractivity contribution in [1.82, 2.24) is 10.2 Å². The number of carbonyl (C=O) groups excluding carboxylic acids is 4. The molecule has 4 aliphatic rings. The Hall–Kier alpha value is -5.12. The second kappa shape index (κ2) is 17.9. The first-order valence-corrected chi connectivity index (χ1v) is 22.1. The van der Waals surface area contributed by atoms with Crippen molar-refractivity contribution in [3.05, 3.63) is 88.2 Å². The number of nitrogens with one attached hydrogen (secondary N) is 1. The normalized spacial score (nSPS) is 25.4. The summed E-state index contributed by atoms with van der Waals surface area (Å²) in [4.78, 5) is 54.9. The van der Waals surface area contributed by atoms with Crippen molar-refractivity contribution in [2.75, 3.05) is 31.1 Å². The highest BCUT2D eigenvalue weighted by Crippen LogP contribution is 2.62. The summed E-state index contributed by atoms with van der Waals surface area (Å²) in [6, 6.07) is 18.1. The molecule has 3 aliphatic carbocycles. The van der Waals surface area contributed by atoms with Crippen LogP contribution in [0.3, 0.4) is 0 Å². The van der Waals surface area contributed by atoms with Gasteiger partial charge in [0.05, 0.1) is 42.4 Å². The van der Waals surface area contributed by atoms with Crippen LogP contribution in [0.25, 0.3) is 0 Å². The van der Waals surface area contributed by atoms with Gasteiger partial charge in [0.25, 0.3) is 5.91 Å². The van der Waals surface area contributed by atoms with Crippen LogP contribution in [0, 0.1) is 47.7 Å². The molecule has 0 radical (unpaired) electrons. The van der Waals surface area contributed by atoms with Gasteiger partial charge >= 0.3 is 0 Å². The van der Waals surface area contributed by atoms with Gasteiger partial charge in [0.15, 0.2) is 11.6 Å². The van der Waals surface area contributed by atoms with Crippen LogP contribution in [0.4, 0.5) is 10.1 Å². The van der Waals surface area contributed by atoms with E-state index in [1.165, 1.54) is 12.1 Å². The van der Waals surface area contributed by atoms with Crippen LogP contribution in [0.15, 0.2) is 54.6 Å². The largest absolute Gasteiger partial charge is 0.490 e. The zero-order chi connectivity index (χ0) is 44.7. The van der Waals surface area contributed by atoms with Gasteiger partial charge in [-0.15, -0.1) is 0 Å². The summed E-state index contributed by atoms with van der Waals surface area (Å²) in [5.41, 5.74) is 3.62. The number of Topliss-reactive ketones (excluding diaryl/α,β-unsaturated/α-hetero) is 3. The van der Waals surface area contributed by atoms with E-state index >= 15 is 4.39 Å². The van der Waals surface area contributed by atoms with Gasteiger partial charge in [-0.1, -0.05) is 27.7 Å². The molecule has 0 spiro atoms. The highest BCUT2D eigenvalue weighted by Gasteiger charge is 2.63. The van der Waals surface area contributed by atoms with E-state index in [1.54, 1.807) is 6.07 Å². The minimum atomic E-state index is -0.783. The molecule has 4 fully saturated rings. The lowest BCUT2D eigenvalue weighted by Gasteiger charge is -2.63. The topological polar surface area (TPSA) is 138 Å². The number of carbonyl (C=O) groups is 4. The number of nitriles is 1. The van der Waals surface area contributed by atoms with Crippen LogP contribution in [0.5, 0.6) is 11.5 Å². The van der Waals surface area contributed by atoms with E-state index in [-0.39, 0.29) is 89.3 Å². The molecule has 1 aliphatic heterocycles. The van der Waals surface area contributed by atoms with Gasteiger partial charge in [0, 0.05) is 85.5 Å². The molecule has 3 aromatic rings. The summed E-state index contributed by atoms with van der Waals surface area (Å²) < 4.78 is 34.0. The van der Waals surface area contributed by atoms with Crippen LogP contribution < -0.4 is 19.7 Å². The molecule has 0 bridgehead atoms. The first-order chi connectivity index (χ1) is 29.3. The molecule has 12 heteroatoms. The maximum Gasteiger partial charge on any atom is 0.254 e. The van der Waals surface area contributed by atoms with Crippen LogP contribution in [-0.2, 0) is 14.3 Å². The number of amides is 1. The molecule has 2 atom stereocenters. The standard InChI is InChI=1S/C50H61FN4O7/c1-29(2)55(34-21-38(22-34)61-36-14-15-40(42(51)24-36)47(59)53-43-16-13-35(56)23-45(43)58)28-39-27-54(17-18-60-39)33-11-9-32(10-12-33)44(57)25-46-49(5,6)48(50(46,7)8)62-37-19-30(3)41(26-52)31(4)20-37/h9-12,14-15,19-20,24,29,34,38-39,43,46,48H,13,16-18,21-23,25,27-28H2,1-8H3,(H,53,59)/t34?,38?,39-,43+,46?,48?/m1/s1. The number of ether oxygens (including phenoxy) is 3. The van der Waals surface area contributed by atoms with Crippen LogP contribution in [0.2, 0.25) is 0 Å². The number of aryl methyl sites for hydroxylation is 2. The molecule has 3 saturated carbocycles. The quantitative estimate of drug-likeness (QED) is 0.126. The van der Waals surface area contributed by atoms with Crippen molar-refractivity contribution in [2.45, 2.75) is 130 Å². The number of hydrogen-bond acceptors (Lipinski definition) is 10. The SMILES string of the molecule is Cc1cc(OC2C(C)(C)C(CC(=O)c3ccc(N4CCO[C@@H](CN(C(C)C)C5CC(Oc6ccc(C(=O)N[C@H]7CCC(=O)CC7=O)c(F)c6)C5)C4)cc3)C2(C)C)cc(C)c1C#N. The second-order valence-corrected chi connectivity index (χ2v) is 19.4. The first kappa shape index (κ1) is 44.9. The summed E-state index contributed by atoms with van der Waals surface area (Å²) in [6.07, 6.45) is 2.02. The monoisotopic (exact) mass is 848 g/mol. The lowest BCUT2D eigenvalue weighted by molar-refractivity contribution is -0.196. The van der Waals surface area contributed by atoms with Crippen molar-refractivity contribution in [2.24, 2.45) is 16.7 Å². The summed E-state index contributed by atoms with van der Waals surface area (Å²) in [5, 5.41) is 12.1. The molecule has 1 heterocycles. The maximum absolute atomic E-state index is 15.0. The average Bonchev–Trinajstić information content (AvgIpc) is 3.20.